The third kappa shape index (κ3) is 2.20. The fourth-order valence-corrected chi connectivity index (χ4v) is 2.16. The number of fused-ring (bicyclic) bond motifs is 1. The number of aliphatic hydroxyl groups excluding tert-OH is 1. The van der Waals surface area contributed by atoms with Gasteiger partial charge in [0.2, 0.25) is 0 Å². The SMILES string of the molecule is O[C@H](CI)[C@@H]1OCO[C@H]2COCO[C@H]12. The van der Waals surface area contributed by atoms with Crippen LogP contribution in [0, 0.1) is 0 Å². The minimum atomic E-state index is -0.509. The highest BCUT2D eigenvalue weighted by Crippen LogP contribution is 2.24. The molecule has 14 heavy (non-hydrogen) atoms. The maximum atomic E-state index is 9.71. The monoisotopic (exact) mass is 316 g/mol. The van der Waals surface area contributed by atoms with Crippen molar-refractivity contribution in [3.8, 4) is 0 Å². The molecule has 2 aliphatic heterocycles. The molecule has 1 N–H and O–H groups in total. The van der Waals surface area contributed by atoms with E-state index in [4.69, 9.17) is 18.9 Å². The standard InChI is InChI=1S/C8H13IO5/c9-1-5(10)7-8-6(12-4-14-7)2-11-3-13-8/h5-8,10H,1-4H2/t5-,6+,7+,8+/m1/s1. The molecule has 0 spiro atoms. The molecule has 0 amide bonds. The normalized spacial score (nSPS) is 40.3. The molecule has 0 aromatic carbocycles. The number of alkyl halides is 1. The molecule has 4 atom stereocenters. The van der Waals surface area contributed by atoms with Gasteiger partial charge in [-0.05, 0) is 0 Å². The lowest BCUT2D eigenvalue weighted by Gasteiger charge is -2.41. The average molecular weight is 316 g/mol. The fraction of sp³-hybridized carbons (Fsp3) is 1.00. The van der Waals surface area contributed by atoms with Gasteiger partial charge < -0.3 is 24.1 Å². The average Bonchev–Trinajstić information content (AvgIpc) is 2.27. The van der Waals surface area contributed by atoms with E-state index in [2.05, 4.69) is 22.6 Å². The number of hydrogen-bond acceptors (Lipinski definition) is 5. The minimum absolute atomic E-state index is 0.111. The van der Waals surface area contributed by atoms with Crippen molar-refractivity contribution >= 4 is 22.6 Å². The smallest absolute Gasteiger partial charge is 0.147 e. The zero-order valence-electron chi connectivity index (χ0n) is 7.60. The van der Waals surface area contributed by atoms with Crippen LogP contribution in [-0.2, 0) is 18.9 Å². The molecule has 0 aromatic heterocycles. The van der Waals surface area contributed by atoms with Crippen LogP contribution in [0.5, 0.6) is 0 Å². The predicted molar refractivity (Wildman–Crippen MR) is 55.2 cm³/mol. The number of hydrogen-bond donors (Lipinski definition) is 1. The summed E-state index contributed by atoms with van der Waals surface area (Å²) in [7, 11) is 0. The molecule has 2 rings (SSSR count). The van der Waals surface area contributed by atoms with Crippen LogP contribution in [0.2, 0.25) is 0 Å². The topological polar surface area (TPSA) is 57.2 Å². The second kappa shape index (κ2) is 5.04. The molecular formula is C8H13IO5. The molecule has 0 radical (unpaired) electrons. The molecule has 5 nitrogen and oxygen atoms in total. The van der Waals surface area contributed by atoms with E-state index in [0.29, 0.717) is 11.0 Å². The molecule has 2 saturated heterocycles. The second-order valence-corrected chi connectivity index (χ2v) is 4.18. The first-order chi connectivity index (χ1) is 6.83. The summed E-state index contributed by atoms with van der Waals surface area (Å²) >= 11 is 2.12. The van der Waals surface area contributed by atoms with Gasteiger partial charge in [-0.2, -0.15) is 0 Å². The molecule has 0 aliphatic carbocycles. The van der Waals surface area contributed by atoms with E-state index < -0.39 is 6.10 Å². The first-order valence-electron chi connectivity index (χ1n) is 4.49. The van der Waals surface area contributed by atoms with Gasteiger partial charge in [0.05, 0.1) is 12.7 Å². The van der Waals surface area contributed by atoms with Gasteiger partial charge in [-0.3, -0.25) is 0 Å². The summed E-state index contributed by atoms with van der Waals surface area (Å²) in [5.41, 5.74) is 0. The van der Waals surface area contributed by atoms with Crippen LogP contribution in [0.4, 0.5) is 0 Å². The molecule has 2 fully saturated rings. The van der Waals surface area contributed by atoms with Crippen LogP contribution in [0.15, 0.2) is 0 Å². The summed E-state index contributed by atoms with van der Waals surface area (Å²) in [5, 5.41) is 9.71. The Balaban J connectivity index is 2.01. The third-order valence-corrected chi connectivity index (χ3v) is 3.30. The van der Waals surface area contributed by atoms with Crippen molar-refractivity contribution in [1.29, 1.82) is 0 Å². The van der Waals surface area contributed by atoms with Crippen molar-refractivity contribution in [2.45, 2.75) is 24.4 Å². The molecule has 2 heterocycles. The number of halogens is 1. The van der Waals surface area contributed by atoms with Crippen LogP contribution in [0.3, 0.4) is 0 Å². The Morgan fingerprint density at radius 3 is 2.93 bits per heavy atom. The summed E-state index contributed by atoms with van der Waals surface area (Å²) in [5.74, 6) is 0. The first-order valence-corrected chi connectivity index (χ1v) is 6.02. The Bertz CT molecular complexity index is 187. The van der Waals surface area contributed by atoms with E-state index in [9.17, 15) is 5.11 Å². The highest BCUT2D eigenvalue weighted by atomic mass is 127. The highest BCUT2D eigenvalue weighted by molar-refractivity contribution is 14.1. The van der Waals surface area contributed by atoms with Crippen LogP contribution in [-0.4, -0.2) is 54.1 Å². The van der Waals surface area contributed by atoms with Crippen LogP contribution in [0.1, 0.15) is 0 Å². The van der Waals surface area contributed by atoms with E-state index >= 15 is 0 Å². The second-order valence-electron chi connectivity index (χ2n) is 3.30. The van der Waals surface area contributed by atoms with Crippen molar-refractivity contribution in [1.82, 2.24) is 0 Å². The van der Waals surface area contributed by atoms with Gasteiger partial charge in [0.15, 0.2) is 0 Å². The van der Waals surface area contributed by atoms with Gasteiger partial charge in [-0.1, -0.05) is 22.6 Å². The van der Waals surface area contributed by atoms with Crippen molar-refractivity contribution < 1.29 is 24.1 Å². The lowest BCUT2D eigenvalue weighted by atomic mass is 10.0. The summed E-state index contributed by atoms with van der Waals surface area (Å²) in [6.07, 6.45) is -1.12. The number of ether oxygens (including phenoxy) is 4. The Morgan fingerprint density at radius 1 is 1.29 bits per heavy atom. The molecule has 0 saturated carbocycles. The Hall–Kier alpha value is 0.530. The minimum Gasteiger partial charge on any atom is -0.390 e. The zero-order chi connectivity index (χ0) is 9.97. The summed E-state index contributed by atoms with van der Waals surface area (Å²) in [4.78, 5) is 0. The van der Waals surface area contributed by atoms with Gasteiger partial charge >= 0.3 is 0 Å². The molecule has 0 bridgehead atoms. The molecule has 0 unspecified atom stereocenters. The van der Waals surface area contributed by atoms with Gasteiger partial charge in [-0.25, -0.2) is 0 Å². The zero-order valence-corrected chi connectivity index (χ0v) is 9.75. The predicted octanol–water partition coefficient (Wildman–Crippen LogP) is -0.103. The van der Waals surface area contributed by atoms with Crippen LogP contribution in [0.25, 0.3) is 0 Å². The van der Waals surface area contributed by atoms with Crippen molar-refractivity contribution in [2.24, 2.45) is 0 Å². The number of aliphatic hydroxyl groups is 1. The fourth-order valence-electron chi connectivity index (χ4n) is 1.66. The largest absolute Gasteiger partial charge is 0.390 e. The Morgan fingerprint density at radius 2 is 2.14 bits per heavy atom. The molecule has 82 valence electrons. The summed E-state index contributed by atoms with van der Waals surface area (Å²) < 4.78 is 21.8. The lowest BCUT2D eigenvalue weighted by molar-refractivity contribution is -0.311. The van der Waals surface area contributed by atoms with Gasteiger partial charge in [0.25, 0.3) is 0 Å². The van der Waals surface area contributed by atoms with E-state index in [1.165, 1.54) is 0 Å². The van der Waals surface area contributed by atoms with E-state index in [0.717, 1.165) is 0 Å². The molecular weight excluding hydrogens is 303 g/mol. The quantitative estimate of drug-likeness (QED) is 0.569. The van der Waals surface area contributed by atoms with Gasteiger partial charge in [0, 0.05) is 4.43 Å². The molecule has 0 aromatic rings. The number of rotatable bonds is 2. The highest BCUT2D eigenvalue weighted by Gasteiger charge is 2.41. The lowest BCUT2D eigenvalue weighted by Crippen LogP contribution is -2.57. The van der Waals surface area contributed by atoms with E-state index in [1.54, 1.807) is 0 Å². The van der Waals surface area contributed by atoms with Crippen molar-refractivity contribution in [3.63, 3.8) is 0 Å². The maximum Gasteiger partial charge on any atom is 0.147 e. The van der Waals surface area contributed by atoms with Crippen molar-refractivity contribution in [3.05, 3.63) is 0 Å². The summed E-state index contributed by atoms with van der Waals surface area (Å²) in [6, 6.07) is 0. The van der Waals surface area contributed by atoms with Crippen LogP contribution >= 0.6 is 22.6 Å². The van der Waals surface area contributed by atoms with Gasteiger partial charge in [0.1, 0.15) is 31.9 Å². The Labute approximate surface area is 95.8 Å². The maximum absolute atomic E-state index is 9.71. The Kier molecular flexibility index (Phi) is 3.97. The van der Waals surface area contributed by atoms with Crippen LogP contribution < -0.4 is 0 Å². The molecule has 6 heteroatoms. The third-order valence-electron chi connectivity index (χ3n) is 2.40. The van der Waals surface area contributed by atoms with Gasteiger partial charge in [-0.15, -0.1) is 0 Å². The molecule has 2 aliphatic rings. The van der Waals surface area contributed by atoms with E-state index in [1.807, 2.05) is 0 Å². The summed E-state index contributed by atoms with van der Waals surface area (Å²) in [6.45, 7) is 0.961. The first kappa shape index (κ1) is 11.0. The van der Waals surface area contributed by atoms with Crippen molar-refractivity contribution in [2.75, 3.05) is 24.6 Å². The van der Waals surface area contributed by atoms with E-state index in [-0.39, 0.29) is 31.9 Å².